The Morgan fingerprint density at radius 1 is 0.889 bits per heavy atom. The van der Waals surface area contributed by atoms with E-state index >= 15 is 0 Å². The zero-order valence-electron chi connectivity index (χ0n) is 10.1. The third kappa shape index (κ3) is 1.93. The molecule has 18 heavy (non-hydrogen) atoms. The molecule has 0 atom stereocenters. The molecule has 1 aromatic heterocycles. The summed E-state index contributed by atoms with van der Waals surface area (Å²) in [5, 5.41) is 1.12. The second-order valence-corrected chi connectivity index (χ2v) is 4.12. The van der Waals surface area contributed by atoms with Crippen LogP contribution < -0.4 is 4.74 Å². The number of hydrogen-bond acceptors (Lipinski definition) is 2. The molecule has 0 aliphatic carbocycles. The molecule has 2 nitrogen and oxygen atoms in total. The molecule has 0 unspecified atom stereocenters. The van der Waals surface area contributed by atoms with Gasteiger partial charge in [0, 0.05) is 17.0 Å². The van der Waals surface area contributed by atoms with E-state index in [1.807, 2.05) is 42.5 Å². The van der Waals surface area contributed by atoms with Crippen molar-refractivity contribution in [2.24, 2.45) is 0 Å². The molecule has 0 radical (unpaired) electrons. The second-order valence-electron chi connectivity index (χ2n) is 4.12. The van der Waals surface area contributed by atoms with Gasteiger partial charge in [0.05, 0.1) is 18.3 Å². The van der Waals surface area contributed by atoms with E-state index in [0.717, 1.165) is 27.9 Å². The van der Waals surface area contributed by atoms with Crippen LogP contribution in [0.3, 0.4) is 0 Å². The van der Waals surface area contributed by atoms with Crippen LogP contribution in [0.15, 0.2) is 60.7 Å². The van der Waals surface area contributed by atoms with E-state index in [1.165, 1.54) is 0 Å². The number of hydrogen-bond donors (Lipinski definition) is 0. The first-order chi connectivity index (χ1) is 8.86. The number of methoxy groups -OCH3 is 1. The minimum Gasteiger partial charge on any atom is -0.497 e. The molecule has 1 heterocycles. The highest BCUT2D eigenvalue weighted by molar-refractivity contribution is 5.82. The van der Waals surface area contributed by atoms with Crippen LogP contribution in [0.2, 0.25) is 0 Å². The number of pyridine rings is 1. The highest BCUT2D eigenvalue weighted by Gasteiger charge is 2.02. The fourth-order valence-electron chi connectivity index (χ4n) is 1.99. The zero-order chi connectivity index (χ0) is 12.4. The van der Waals surface area contributed by atoms with Gasteiger partial charge in [0.1, 0.15) is 5.75 Å². The van der Waals surface area contributed by atoms with Gasteiger partial charge in [-0.25, -0.2) is 4.98 Å². The molecule has 0 aliphatic heterocycles. The molecule has 2 aromatic carbocycles. The van der Waals surface area contributed by atoms with Crippen molar-refractivity contribution in [1.82, 2.24) is 4.98 Å². The van der Waals surface area contributed by atoms with Gasteiger partial charge in [-0.2, -0.15) is 0 Å². The number of ether oxygens (including phenoxy) is 1. The van der Waals surface area contributed by atoms with Gasteiger partial charge in [0.2, 0.25) is 0 Å². The van der Waals surface area contributed by atoms with Crippen molar-refractivity contribution in [3.63, 3.8) is 0 Å². The normalized spacial score (nSPS) is 10.5. The fraction of sp³-hybridized carbons (Fsp3) is 0.0625. The largest absolute Gasteiger partial charge is 0.497 e. The molecule has 0 fully saturated rings. The van der Waals surface area contributed by atoms with Crippen molar-refractivity contribution >= 4 is 10.9 Å². The second kappa shape index (κ2) is 4.49. The van der Waals surface area contributed by atoms with E-state index in [0.29, 0.717) is 0 Å². The molecular formula is C16H13NO. The van der Waals surface area contributed by atoms with E-state index in [1.54, 1.807) is 7.11 Å². The predicted molar refractivity (Wildman–Crippen MR) is 73.7 cm³/mol. The average Bonchev–Trinajstić information content (AvgIpc) is 2.47. The Balaban J connectivity index is 2.15. The number of fused-ring (bicyclic) bond motifs is 1. The minimum atomic E-state index is 0.834. The molecule has 3 aromatic rings. The molecule has 3 rings (SSSR count). The van der Waals surface area contributed by atoms with Crippen molar-refractivity contribution in [2.45, 2.75) is 0 Å². The van der Waals surface area contributed by atoms with Crippen LogP contribution in [0.5, 0.6) is 5.75 Å². The Kier molecular flexibility index (Phi) is 2.69. The summed E-state index contributed by atoms with van der Waals surface area (Å²) >= 11 is 0. The lowest BCUT2D eigenvalue weighted by molar-refractivity contribution is 0.415. The number of aromatic nitrogens is 1. The third-order valence-corrected chi connectivity index (χ3v) is 2.97. The van der Waals surface area contributed by atoms with E-state index in [4.69, 9.17) is 4.74 Å². The zero-order valence-corrected chi connectivity index (χ0v) is 10.1. The molecule has 0 aliphatic rings. The maximum Gasteiger partial charge on any atom is 0.121 e. The average molecular weight is 235 g/mol. The molecule has 0 saturated carbocycles. The van der Waals surface area contributed by atoms with Gasteiger partial charge in [-0.05, 0) is 18.2 Å². The van der Waals surface area contributed by atoms with Gasteiger partial charge in [-0.1, -0.05) is 36.4 Å². The number of benzene rings is 2. The Labute approximate surface area is 106 Å². The van der Waals surface area contributed by atoms with Crippen LogP contribution in [-0.4, -0.2) is 12.1 Å². The van der Waals surface area contributed by atoms with E-state index < -0.39 is 0 Å². The van der Waals surface area contributed by atoms with Crippen molar-refractivity contribution in [3.8, 4) is 17.0 Å². The molecule has 0 saturated heterocycles. The highest BCUT2D eigenvalue weighted by Crippen LogP contribution is 2.23. The van der Waals surface area contributed by atoms with Crippen molar-refractivity contribution in [3.05, 3.63) is 60.7 Å². The molecular weight excluding hydrogens is 222 g/mol. The molecule has 0 amide bonds. The maximum atomic E-state index is 5.23. The monoisotopic (exact) mass is 235 g/mol. The van der Waals surface area contributed by atoms with Crippen LogP contribution >= 0.6 is 0 Å². The van der Waals surface area contributed by atoms with E-state index in [-0.39, 0.29) is 0 Å². The van der Waals surface area contributed by atoms with Gasteiger partial charge in [0.15, 0.2) is 0 Å². The standard InChI is InChI=1S/C16H13NO/c1-18-14-9-7-13-8-10-15(17-16(13)11-14)12-5-3-2-4-6-12/h2-11H,1H3. The van der Waals surface area contributed by atoms with Crippen LogP contribution in [0.4, 0.5) is 0 Å². The summed E-state index contributed by atoms with van der Waals surface area (Å²) in [6, 6.07) is 20.2. The van der Waals surface area contributed by atoms with E-state index in [9.17, 15) is 0 Å². The van der Waals surface area contributed by atoms with Crippen LogP contribution in [-0.2, 0) is 0 Å². The Morgan fingerprint density at radius 2 is 1.67 bits per heavy atom. The Morgan fingerprint density at radius 3 is 2.44 bits per heavy atom. The van der Waals surface area contributed by atoms with Gasteiger partial charge in [-0.15, -0.1) is 0 Å². The third-order valence-electron chi connectivity index (χ3n) is 2.97. The summed E-state index contributed by atoms with van der Waals surface area (Å²) in [6.45, 7) is 0. The maximum absolute atomic E-state index is 5.23. The topological polar surface area (TPSA) is 22.1 Å². The Hall–Kier alpha value is -2.35. The first kappa shape index (κ1) is 10.8. The van der Waals surface area contributed by atoms with Gasteiger partial charge < -0.3 is 4.74 Å². The highest BCUT2D eigenvalue weighted by atomic mass is 16.5. The smallest absolute Gasteiger partial charge is 0.121 e. The minimum absolute atomic E-state index is 0.834. The lowest BCUT2D eigenvalue weighted by atomic mass is 10.1. The summed E-state index contributed by atoms with van der Waals surface area (Å²) < 4.78 is 5.23. The van der Waals surface area contributed by atoms with Crippen LogP contribution in [0.1, 0.15) is 0 Å². The van der Waals surface area contributed by atoms with Crippen molar-refractivity contribution < 1.29 is 4.74 Å². The lowest BCUT2D eigenvalue weighted by Gasteiger charge is -2.05. The van der Waals surface area contributed by atoms with Crippen molar-refractivity contribution in [1.29, 1.82) is 0 Å². The quantitative estimate of drug-likeness (QED) is 0.671. The molecule has 0 bridgehead atoms. The van der Waals surface area contributed by atoms with Gasteiger partial charge >= 0.3 is 0 Å². The molecule has 2 heteroatoms. The molecule has 88 valence electrons. The van der Waals surface area contributed by atoms with Crippen LogP contribution in [0, 0.1) is 0 Å². The molecule has 0 N–H and O–H groups in total. The fourth-order valence-corrected chi connectivity index (χ4v) is 1.99. The summed E-state index contributed by atoms with van der Waals surface area (Å²) in [4.78, 5) is 4.67. The Bertz CT molecular complexity index is 677. The molecule has 0 spiro atoms. The summed E-state index contributed by atoms with van der Waals surface area (Å²) in [7, 11) is 1.67. The van der Waals surface area contributed by atoms with Gasteiger partial charge in [0.25, 0.3) is 0 Å². The summed E-state index contributed by atoms with van der Waals surface area (Å²) in [5.74, 6) is 0.834. The predicted octanol–water partition coefficient (Wildman–Crippen LogP) is 3.91. The SMILES string of the molecule is COc1ccc2ccc(-c3ccccc3)nc2c1. The first-order valence-corrected chi connectivity index (χ1v) is 5.87. The summed E-state index contributed by atoms with van der Waals surface area (Å²) in [5.41, 5.74) is 3.06. The van der Waals surface area contributed by atoms with Crippen LogP contribution in [0.25, 0.3) is 22.2 Å². The number of nitrogens with zero attached hydrogens (tertiary/aromatic N) is 1. The number of rotatable bonds is 2. The lowest BCUT2D eigenvalue weighted by Crippen LogP contribution is -1.87. The summed E-state index contributed by atoms with van der Waals surface area (Å²) in [6.07, 6.45) is 0. The van der Waals surface area contributed by atoms with E-state index in [2.05, 4.69) is 23.2 Å². The first-order valence-electron chi connectivity index (χ1n) is 5.87. The van der Waals surface area contributed by atoms with Crippen molar-refractivity contribution in [2.75, 3.05) is 7.11 Å². The van der Waals surface area contributed by atoms with Gasteiger partial charge in [-0.3, -0.25) is 0 Å².